The summed E-state index contributed by atoms with van der Waals surface area (Å²) in [7, 11) is 0. The van der Waals surface area contributed by atoms with Crippen LogP contribution < -0.4 is 5.32 Å². The summed E-state index contributed by atoms with van der Waals surface area (Å²) in [5.74, 6) is -1.39. The molecule has 0 aliphatic heterocycles. The first kappa shape index (κ1) is 19.7. The van der Waals surface area contributed by atoms with Crippen molar-refractivity contribution in [3.63, 3.8) is 0 Å². The maximum atomic E-state index is 12.6. The average molecular weight is 428 g/mol. The van der Waals surface area contributed by atoms with Crippen LogP contribution >= 0.6 is 15.9 Å². The number of hydrogen-bond acceptors (Lipinski definition) is 3. The third-order valence-corrected chi connectivity index (χ3v) is 3.81. The molecule has 0 saturated carbocycles. The molecule has 26 heavy (non-hydrogen) atoms. The summed E-state index contributed by atoms with van der Waals surface area (Å²) < 4.78 is 43.3. The Hall–Kier alpha value is -2.61. The van der Waals surface area contributed by atoms with E-state index in [9.17, 15) is 22.8 Å². The number of amides is 1. The van der Waals surface area contributed by atoms with Gasteiger partial charge in [-0.1, -0.05) is 24.3 Å². The minimum Gasteiger partial charge on any atom is -0.452 e. The third-order valence-electron chi connectivity index (χ3n) is 3.12. The van der Waals surface area contributed by atoms with Crippen LogP contribution in [0.3, 0.4) is 0 Å². The number of alkyl halides is 3. The molecule has 1 N–H and O–H groups in total. The second-order valence-electron chi connectivity index (χ2n) is 5.09. The van der Waals surface area contributed by atoms with Gasteiger partial charge in [0, 0.05) is 10.5 Å². The molecule has 0 heterocycles. The Balaban J connectivity index is 1.88. The van der Waals surface area contributed by atoms with Gasteiger partial charge >= 0.3 is 12.1 Å². The fraction of sp³-hybridized carbons (Fsp3) is 0.111. The third kappa shape index (κ3) is 6.03. The quantitative estimate of drug-likeness (QED) is 0.557. The summed E-state index contributed by atoms with van der Waals surface area (Å²) in [6, 6.07) is 11.4. The van der Waals surface area contributed by atoms with Gasteiger partial charge in [0.05, 0.1) is 11.3 Å². The van der Waals surface area contributed by atoms with E-state index in [0.29, 0.717) is 10.2 Å². The second kappa shape index (κ2) is 8.66. The first-order valence-corrected chi connectivity index (χ1v) is 8.11. The number of anilines is 1. The van der Waals surface area contributed by atoms with Crippen LogP contribution in [0.4, 0.5) is 18.9 Å². The Morgan fingerprint density at radius 2 is 1.85 bits per heavy atom. The lowest BCUT2D eigenvalue weighted by molar-refractivity contribution is -0.142. The molecule has 4 nitrogen and oxygen atoms in total. The predicted octanol–water partition coefficient (Wildman–Crippen LogP) is 4.66. The van der Waals surface area contributed by atoms with Crippen LogP contribution in [0.5, 0.6) is 0 Å². The highest BCUT2D eigenvalue weighted by atomic mass is 79.9. The number of benzene rings is 2. The van der Waals surface area contributed by atoms with Crippen molar-refractivity contribution in [1.82, 2.24) is 0 Å². The van der Waals surface area contributed by atoms with Crippen molar-refractivity contribution in [3.05, 3.63) is 70.2 Å². The summed E-state index contributed by atoms with van der Waals surface area (Å²) in [4.78, 5) is 23.3. The zero-order valence-corrected chi connectivity index (χ0v) is 14.8. The molecule has 0 aliphatic rings. The van der Waals surface area contributed by atoms with Crippen LogP contribution in [-0.4, -0.2) is 18.5 Å². The Bertz CT molecular complexity index is 834. The van der Waals surface area contributed by atoms with E-state index in [1.165, 1.54) is 18.2 Å². The van der Waals surface area contributed by atoms with Gasteiger partial charge in [-0.3, -0.25) is 4.79 Å². The molecule has 0 aliphatic carbocycles. The van der Waals surface area contributed by atoms with Crippen molar-refractivity contribution in [2.75, 3.05) is 11.9 Å². The number of para-hydroxylation sites is 1. The summed E-state index contributed by atoms with van der Waals surface area (Å²) in [6.45, 7) is -0.521. The first-order chi connectivity index (χ1) is 12.3. The predicted molar refractivity (Wildman–Crippen MR) is 94.2 cm³/mol. The molecule has 0 unspecified atom stereocenters. The lowest BCUT2D eigenvalue weighted by Gasteiger charge is -2.07. The maximum Gasteiger partial charge on any atom is 0.416 e. The van der Waals surface area contributed by atoms with Crippen molar-refractivity contribution in [1.29, 1.82) is 0 Å². The Kier molecular flexibility index (Phi) is 6.57. The molecule has 2 aromatic carbocycles. The molecule has 0 saturated heterocycles. The summed E-state index contributed by atoms with van der Waals surface area (Å²) in [5, 5.41) is 2.55. The monoisotopic (exact) mass is 427 g/mol. The van der Waals surface area contributed by atoms with Gasteiger partial charge in [0.2, 0.25) is 0 Å². The number of esters is 1. The van der Waals surface area contributed by atoms with E-state index in [4.69, 9.17) is 4.74 Å². The van der Waals surface area contributed by atoms with Crippen LogP contribution in [-0.2, 0) is 20.5 Å². The summed E-state index contributed by atoms with van der Waals surface area (Å²) >= 11 is 3.26. The largest absolute Gasteiger partial charge is 0.452 e. The lowest BCUT2D eigenvalue weighted by atomic mass is 10.1. The van der Waals surface area contributed by atoms with Crippen molar-refractivity contribution >= 4 is 39.6 Å². The van der Waals surface area contributed by atoms with Gasteiger partial charge in [-0.15, -0.1) is 0 Å². The average Bonchev–Trinajstić information content (AvgIpc) is 2.60. The van der Waals surface area contributed by atoms with E-state index < -0.39 is 30.2 Å². The van der Waals surface area contributed by atoms with Gasteiger partial charge in [0.15, 0.2) is 6.61 Å². The lowest BCUT2D eigenvalue weighted by Crippen LogP contribution is -2.20. The molecule has 136 valence electrons. The zero-order chi connectivity index (χ0) is 19.2. The molecule has 2 aromatic rings. The molecule has 1 amide bonds. The highest BCUT2D eigenvalue weighted by Gasteiger charge is 2.30. The molecular formula is C18H13BrF3NO3. The molecule has 0 spiro atoms. The van der Waals surface area contributed by atoms with Crippen molar-refractivity contribution in [2.45, 2.75) is 6.18 Å². The smallest absolute Gasteiger partial charge is 0.416 e. The van der Waals surface area contributed by atoms with Crippen LogP contribution in [0.1, 0.15) is 11.1 Å². The van der Waals surface area contributed by atoms with Crippen molar-refractivity contribution in [2.24, 2.45) is 0 Å². The fourth-order valence-electron chi connectivity index (χ4n) is 1.92. The molecule has 0 fully saturated rings. The standard InChI is InChI=1S/C18H13BrF3NO3/c19-14-6-1-2-7-15(14)23-16(24)11-26-17(25)9-8-12-4-3-5-13(10-12)18(20,21)22/h1-10H,11H2,(H,23,24)/b9-8+. The van der Waals surface area contributed by atoms with Crippen LogP contribution in [0.25, 0.3) is 6.08 Å². The van der Waals surface area contributed by atoms with Crippen LogP contribution in [0.2, 0.25) is 0 Å². The number of halogens is 4. The Labute approximate surface area is 155 Å². The highest BCUT2D eigenvalue weighted by molar-refractivity contribution is 9.10. The SMILES string of the molecule is O=C(COC(=O)/C=C/c1cccc(C(F)(F)F)c1)Nc1ccccc1Br. The van der Waals surface area contributed by atoms with Gasteiger partial charge in [0.25, 0.3) is 5.91 Å². The molecule has 2 rings (SSSR count). The van der Waals surface area contributed by atoms with Crippen molar-refractivity contribution in [3.8, 4) is 0 Å². The van der Waals surface area contributed by atoms with Crippen LogP contribution in [0, 0.1) is 0 Å². The maximum absolute atomic E-state index is 12.6. The fourth-order valence-corrected chi connectivity index (χ4v) is 2.30. The molecular weight excluding hydrogens is 415 g/mol. The van der Waals surface area contributed by atoms with E-state index in [-0.39, 0.29) is 5.56 Å². The van der Waals surface area contributed by atoms with Gasteiger partial charge < -0.3 is 10.1 Å². The number of hydrogen-bond donors (Lipinski definition) is 1. The van der Waals surface area contributed by atoms with Gasteiger partial charge in [-0.25, -0.2) is 4.79 Å². The van der Waals surface area contributed by atoms with E-state index in [2.05, 4.69) is 21.2 Å². The molecule has 8 heteroatoms. The number of rotatable bonds is 5. The highest BCUT2D eigenvalue weighted by Crippen LogP contribution is 2.29. The number of carbonyl (C=O) groups is 2. The second-order valence-corrected chi connectivity index (χ2v) is 5.95. The van der Waals surface area contributed by atoms with Crippen molar-refractivity contribution < 1.29 is 27.5 Å². The number of carbonyl (C=O) groups excluding carboxylic acids is 2. The van der Waals surface area contributed by atoms with E-state index in [1.54, 1.807) is 24.3 Å². The molecule has 0 aromatic heterocycles. The minimum absolute atomic E-state index is 0.189. The molecule has 0 atom stereocenters. The number of nitrogens with one attached hydrogen (secondary N) is 1. The Morgan fingerprint density at radius 3 is 2.54 bits per heavy atom. The van der Waals surface area contributed by atoms with Gasteiger partial charge in [-0.2, -0.15) is 13.2 Å². The van der Waals surface area contributed by atoms with E-state index >= 15 is 0 Å². The van der Waals surface area contributed by atoms with Crippen LogP contribution in [0.15, 0.2) is 59.1 Å². The summed E-state index contributed by atoms with van der Waals surface area (Å²) in [6.07, 6.45) is -2.32. The number of ether oxygens (including phenoxy) is 1. The van der Waals surface area contributed by atoms with Gasteiger partial charge in [-0.05, 0) is 51.8 Å². The molecule has 0 bridgehead atoms. The Morgan fingerprint density at radius 1 is 1.12 bits per heavy atom. The first-order valence-electron chi connectivity index (χ1n) is 7.32. The minimum atomic E-state index is -4.46. The summed E-state index contributed by atoms with van der Waals surface area (Å²) in [5.41, 5.74) is -0.108. The normalized spacial score (nSPS) is 11.4. The zero-order valence-electron chi connectivity index (χ0n) is 13.2. The van der Waals surface area contributed by atoms with Gasteiger partial charge in [0.1, 0.15) is 0 Å². The van der Waals surface area contributed by atoms with E-state index in [1.807, 2.05) is 0 Å². The molecule has 0 radical (unpaired) electrons. The van der Waals surface area contributed by atoms with E-state index in [0.717, 1.165) is 18.2 Å². The topological polar surface area (TPSA) is 55.4 Å².